The minimum atomic E-state index is 0.731. The number of hydrogen-bond donors (Lipinski definition) is 0. The van der Waals surface area contributed by atoms with E-state index in [1.807, 2.05) is 6.08 Å². The Morgan fingerprint density at radius 2 is 2.33 bits per heavy atom. The van der Waals surface area contributed by atoms with Gasteiger partial charge >= 0.3 is 0 Å². The summed E-state index contributed by atoms with van der Waals surface area (Å²) in [7, 11) is 0. The Labute approximate surface area is 56.3 Å². The molecule has 0 heterocycles. The molecule has 9 heavy (non-hydrogen) atoms. The zero-order chi connectivity index (χ0) is 6.95. The average molecular weight is 124 g/mol. The first-order chi connectivity index (χ1) is 4.41. The molecule has 0 radical (unpaired) electrons. The predicted molar refractivity (Wildman–Crippen MR) is 39.1 cm³/mol. The van der Waals surface area contributed by atoms with Gasteiger partial charge in [-0.1, -0.05) is 18.4 Å². The molecule has 1 heteroatoms. The summed E-state index contributed by atoms with van der Waals surface area (Å²) in [6.07, 6.45) is 5.37. The van der Waals surface area contributed by atoms with Gasteiger partial charge in [-0.3, -0.25) is 0 Å². The fourth-order valence-electron chi connectivity index (χ4n) is 0.429. The fourth-order valence-corrected chi connectivity index (χ4v) is 0.429. The Morgan fingerprint density at radius 3 is 2.89 bits per heavy atom. The van der Waals surface area contributed by atoms with Gasteiger partial charge in [-0.05, 0) is 12.8 Å². The molecule has 0 bridgehead atoms. The summed E-state index contributed by atoms with van der Waals surface area (Å²) in [6.45, 7) is 7.67. The standard InChI is InChI=1S/C8H12O/c1-3-5-6-8-9-7-4-2/h3,7H,1-2,5-6,8H2. The lowest BCUT2D eigenvalue weighted by Crippen LogP contribution is -1.84. The van der Waals surface area contributed by atoms with Crippen molar-refractivity contribution in [2.75, 3.05) is 6.61 Å². The number of ether oxygens (including phenoxy) is 1. The Hall–Kier alpha value is -0.940. The summed E-state index contributed by atoms with van der Waals surface area (Å²) in [5.74, 6) is 0. The van der Waals surface area contributed by atoms with Gasteiger partial charge in [0.25, 0.3) is 0 Å². The second kappa shape index (κ2) is 7.06. The van der Waals surface area contributed by atoms with E-state index in [4.69, 9.17) is 4.74 Å². The van der Waals surface area contributed by atoms with Crippen molar-refractivity contribution in [1.29, 1.82) is 0 Å². The SMILES string of the molecule is C=C=COCCCC=C. The molecule has 50 valence electrons. The molecule has 0 amide bonds. The van der Waals surface area contributed by atoms with E-state index in [0.717, 1.165) is 19.4 Å². The third kappa shape index (κ3) is 7.06. The minimum absolute atomic E-state index is 0.731. The molecule has 0 spiro atoms. The quantitative estimate of drug-likeness (QED) is 0.236. The summed E-state index contributed by atoms with van der Waals surface area (Å²) >= 11 is 0. The van der Waals surface area contributed by atoms with E-state index in [9.17, 15) is 0 Å². The van der Waals surface area contributed by atoms with Crippen LogP contribution in [-0.2, 0) is 4.74 Å². The van der Waals surface area contributed by atoms with E-state index in [1.165, 1.54) is 6.26 Å². The molecule has 0 saturated carbocycles. The zero-order valence-electron chi connectivity index (χ0n) is 5.60. The zero-order valence-corrected chi connectivity index (χ0v) is 5.60. The van der Waals surface area contributed by atoms with Crippen LogP contribution in [0.4, 0.5) is 0 Å². The van der Waals surface area contributed by atoms with E-state index in [2.05, 4.69) is 18.9 Å². The van der Waals surface area contributed by atoms with E-state index in [0.29, 0.717) is 0 Å². The van der Waals surface area contributed by atoms with Crippen LogP contribution in [0.1, 0.15) is 12.8 Å². The number of unbranched alkanes of at least 4 members (excludes halogenated alkanes) is 1. The molecule has 0 aliphatic rings. The molecule has 0 saturated heterocycles. The molecular weight excluding hydrogens is 112 g/mol. The first kappa shape index (κ1) is 8.06. The normalized spacial score (nSPS) is 7.56. The minimum Gasteiger partial charge on any atom is -0.493 e. The molecule has 0 atom stereocenters. The van der Waals surface area contributed by atoms with Crippen LogP contribution in [0.25, 0.3) is 0 Å². The molecule has 0 unspecified atom stereocenters. The van der Waals surface area contributed by atoms with Gasteiger partial charge in [0, 0.05) is 0 Å². The van der Waals surface area contributed by atoms with Crippen molar-refractivity contribution in [2.24, 2.45) is 0 Å². The highest BCUT2D eigenvalue weighted by atomic mass is 16.5. The number of rotatable bonds is 5. The number of allylic oxidation sites excluding steroid dienone is 1. The Balaban J connectivity index is 2.90. The van der Waals surface area contributed by atoms with Crippen LogP contribution < -0.4 is 0 Å². The molecule has 1 nitrogen and oxygen atoms in total. The second-order valence-corrected chi connectivity index (χ2v) is 1.62. The Kier molecular flexibility index (Phi) is 6.32. The van der Waals surface area contributed by atoms with E-state index < -0.39 is 0 Å². The van der Waals surface area contributed by atoms with Gasteiger partial charge in [0.05, 0.1) is 6.61 Å². The first-order valence-corrected chi connectivity index (χ1v) is 2.98. The van der Waals surface area contributed by atoms with Gasteiger partial charge in [0.15, 0.2) is 0 Å². The van der Waals surface area contributed by atoms with Crippen molar-refractivity contribution in [2.45, 2.75) is 12.8 Å². The molecular formula is C8H12O. The lowest BCUT2D eigenvalue weighted by molar-refractivity contribution is 0.246. The highest BCUT2D eigenvalue weighted by molar-refractivity contribution is 4.67. The molecule has 0 rings (SSSR count). The van der Waals surface area contributed by atoms with Crippen LogP contribution in [-0.4, -0.2) is 6.61 Å². The molecule has 0 aliphatic carbocycles. The van der Waals surface area contributed by atoms with Crippen molar-refractivity contribution >= 4 is 0 Å². The van der Waals surface area contributed by atoms with Crippen LogP contribution in [0, 0.1) is 0 Å². The summed E-state index contributed by atoms with van der Waals surface area (Å²) in [5, 5.41) is 0. The van der Waals surface area contributed by atoms with Crippen LogP contribution >= 0.6 is 0 Å². The smallest absolute Gasteiger partial charge is 0.124 e. The maximum atomic E-state index is 4.94. The van der Waals surface area contributed by atoms with Gasteiger partial charge in [-0.15, -0.1) is 6.58 Å². The van der Waals surface area contributed by atoms with Crippen LogP contribution in [0.2, 0.25) is 0 Å². The van der Waals surface area contributed by atoms with Crippen LogP contribution in [0.3, 0.4) is 0 Å². The van der Waals surface area contributed by atoms with Crippen molar-refractivity contribution in [3.05, 3.63) is 31.2 Å². The summed E-state index contributed by atoms with van der Waals surface area (Å²) in [6, 6.07) is 0. The van der Waals surface area contributed by atoms with Gasteiger partial charge in [0.2, 0.25) is 0 Å². The molecule has 0 aromatic carbocycles. The van der Waals surface area contributed by atoms with Crippen LogP contribution in [0.15, 0.2) is 31.2 Å². The monoisotopic (exact) mass is 124 g/mol. The van der Waals surface area contributed by atoms with Gasteiger partial charge < -0.3 is 4.74 Å². The predicted octanol–water partition coefficient (Wildman–Crippen LogP) is 2.27. The van der Waals surface area contributed by atoms with Crippen molar-refractivity contribution in [1.82, 2.24) is 0 Å². The fraction of sp³-hybridized carbons (Fsp3) is 0.375. The van der Waals surface area contributed by atoms with E-state index in [-0.39, 0.29) is 0 Å². The molecule has 0 N–H and O–H groups in total. The average Bonchev–Trinajstić information content (AvgIpc) is 1.89. The molecule has 0 aromatic heterocycles. The van der Waals surface area contributed by atoms with Crippen LogP contribution in [0.5, 0.6) is 0 Å². The maximum Gasteiger partial charge on any atom is 0.124 e. The first-order valence-electron chi connectivity index (χ1n) is 2.98. The highest BCUT2D eigenvalue weighted by Crippen LogP contribution is 1.89. The summed E-state index contributed by atoms with van der Waals surface area (Å²) < 4.78 is 4.94. The Bertz CT molecular complexity index is 110. The van der Waals surface area contributed by atoms with Gasteiger partial charge in [-0.25, -0.2) is 0 Å². The third-order valence-corrected chi connectivity index (χ3v) is 0.837. The largest absolute Gasteiger partial charge is 0.493 e. The van der Waals surface area contributed by atoms with E-state index >= 15 is 0 Å². The molecule has 0 fully saturated rings. The lowest BCUT2D eigenvalue weighted by Gasteiger charge is -1.94. The van der Waals surface area contributed by atoms with Crippen molar-refractivity contribution in [3.63, 3.8) is 0 Å². The lowest BCUT2D eigenvalue weighted by atomic mass is 10.3. The third-order valence-electron chi connectivity index (χ3n) is 0.837. The van der Waals surface area contributed by atoms with Gasteiger partial charge in [-0.2, -0.15) is 0 Å². The highest BCUT2D eigenvalue weighted by Gasteiger charge is 1.79. The maximum absolute atomic E-state index is 4.94. The summed E-state index contributed by atoms with van der Waals surface area (Å²) in [5.41, 5.74) is 2.52. The van der Waals surface area contributed by atoms with E-state index in [1.54, 1.807) is 0 Å². The molecule has 0 aliphatic heterocycles. The van der Waals surface area contributed by atoms with Crippen molar-refractivity contribution < 1.29 is 4.74 Å². The topological polar surface area (TPSA) is 9.23 Å². The second-order valence-electron chi connectivity index (χ2n) is 1.62. The Morgan fingerprint density at radius 1 is 1.56 bits per heavy atom. The number of hydrogen-bond acceptors (Lipinski definition) is 1. The van der Waals surface area contributed by atoms with Gasteiger partial charge in [0.1, 0.15) is 6.26 Å². The summed E-state index contributed by atoms with van der Waals surface area (Å²) in [4.78, 5) is 0. The molecule has 0 aromatic rings. The van der Waals surface area contributed by atoms with Crippen molar-refractivity contribution in [3.8, 4) is 0 Å².